The van der Waals surface area contributed by atoms with Crippen molar-refractivity contribution in [3.8, 4) is 0 Å². The van der Waals surface area contributed by atoms with Gasteiger partial charge in [-0.25, -0.2) is 0 Å². The van der Waals surface area contributed by atoms with E-state index in [9.17, 15) is 0 Å². The molecule has 1 atom stereocenters. The van der Waals surface area contributed by atoms with E-state index in [2.05, 4.69) is 37.8 Å². The molecule has 0 heterocycles. The molecule has 1 heteroatoms. The Morgan fingerprint density at radius 3 is 2.50 bits per heavy atom. The van der Waals surface area contributed by atoms with E-state index < -0.39 is 0 Å². The van der Waals surface area contributed by atoms with Gasteiger partial charge in [-0.15, -0.1) is 0 Å². The number of ether oxygens (including phenoxy) is 1. The molecule has 1 aromatic carbocycles. The number of rotatable bonds is 5. The van der Waals surface area contributed by atoms with E-state index in [1.165, 1.54) is 5.56 Å². The number of hydrogen-bond acceptors (Lipinski definition) is 1. The Morgan fingerprint density at radius 2 is 2.00 bits per heavy atom. The molecule has 0 amide bonds. The van der Waals surface area contributed by atoms with Crippen LogP contribution in [0.25, 0.3) is 6.08 Å². The minimum Gasteiger partial charge on any atom is -0.378 e. The zero-order chi connectivity index (χ0) is 10.4. The van der Waals surface area contributed by atoms with Gasteiger partial charge in [-0.2, -0.15) is 0 Å². The maximum absolute atomic E-state index is 5.48. The van der Waals surface area contributed by atoms with Crippen molar-refractivity contribution in [1.82, 2.24) is 0 Å². The third-order valence-electron chi connectivity index (χ3n) is 2.19. The van der Waals surface area contributed by atoms with E-state index in [4.69, 9.17) is 4.74 Å². The fourth-order valence-corrected chi connectivity index (χ4v) is 1.47. The summed E-state index contributed by atoms with van der Waals surface area (Å²) in [6.45, 7) is 8.64. The SMILES string of the molecule is C=Cc1ccc(CC(C)OCC)cc1. The Hall–Kier alpha value is -1.08. The van der Waals surface area contributed by atoms with Gasteiger partial charge in [-0.05, 0) is 31.4 Å². The Kier molecular flexibility index (Phi) is 4.41. The van der Waals surface area contributed by atoms with E-state index in [0.29, 0.717) is 6.10 Å². The summed E-state index contributed by atoms with van der Waals surface area (Å²) in [6, 6.07) is 8.43. The lowest BCUT2D eigenvalue weighted by Gasteiger charge is -2.11. The average Bonchev–Trinajstić information content (AvgIpc) is 2.19. The number of benzene rings is 1. The minimum atomic E-state index is 0.301. The molecule has 0 bridgehead atoms. The average molecular weight is 190 g/mol. The van der Waals surface area contributed by atoms with E-state index in [-0.39, 0.29) is 0 Å². The summed E-state index contributed by atoms with van der Waals surface area (Å²) in [5.41, 5.74) is 2.48. The van der Waals surface area contributed by atoms with Crippen molar-refractivity contribution in [1.29, 1.82) is 0 Å². The van der Waals surface area contributed by atoms with Gasteiger partial charge in [-0.1, -0.05) is 36.9 Å². The summed E-state index contributed by atoms with van der Waals surface area (Å²) < 4.78 is 5.48. The molecule has 0 saturated heterocycles. The molecule has 0 saturated carbocycles. The van der Waals surface area contributed by atoms with E-state index in [0.717, 1.165) is 18.6 Å². The zero-order valence-electron chi connectivity index (χ0n) is 8.99. The summed E-state index contributed by atoms with van der Waals surface area (Å²) in [6.07, 6.45) is 3.13. The van der Waals surface area contributed by atoms with Gasteiger partial charge in [0.15, 0.2) is 0 Å². The molecule has 0 aliphatic heterocycles. The summed E-state index contributed by atoms with van der Waals surface area (Å²) in [5, 5.41) is 0. The zero-order valence-corrected chi connectivity index (χ0v) is 8.99. The Labute approximate surface area is 86.4 Å². The first kappa shape index (κ1) is 11.0. The van der Waals surface area contributed by atoms with Crippen molar-refractivity contribution in [2.75, 3.05) is 6.61 Å². The highest BCUT2D eigenvalue weighted by atomic mass is 16.5. The lowest BCUT2D eigenvalue weighted by molar-refractivity contribution is 0.0768. The summed E-state index contributed by atoms with van der Waals surface area (Å²) in [4.78, 5) is 0. The summed E-state index contributed by atoms with van der Waals surface area (Å²) in [7, 11) is 0. The van der Waals surface area contributed by atoms with Crippen LogP contribution in [0.3, 0.4) is 0 Å². The van der Waals surface area contributed by atoms with Gasteiger partial charge in [0.1, 0.15) is 0 Å². The van der Waals surface area contributed by atoms with Crippen LogP contribution >= 0.6 is 0 Å². The molecule has 0 aromatic heterocycles. The molecule has 76 valence electrons. The molecule has 14 heavy (non-hydrogen) atoms. The maximum Gasteiger partial charge on any atom is 0.0587 e. The first-order valence-electron chi connectivity index (χ1n) is 5.09. The van der Waals surface area contributed by atoms with Crippen molar-refractivity contribution in [3.63, 3.8) is 0 Å². The lowest BCUT2D eigenvalue weighted by atomic mass is 10.1. The molecular formula is C13H18O. The van der Waals surface area contributed by atoms with Crippen LogP contribution in [0.2, 0.25) is 0 Å². The summed E-state index contributed by atoms with van der Waals surface area (Å²) in [5.74, 6) is 0. The predicted octanol–water partition coefficient (Wildman–Crippen LogP) is 3.30. The van der Waals surface area contributed by atoms with Crippen LogP contribution in [-0.4, -0.2) is 12.7 Å². The minimum absolute atomic E-state index is 0.301. The fourth-order valence-electron chi connectivity index (χ4n) is 1.47. The first-order valence-corrected chi connectivity index (χ1v) is 5.09. The highest BCUT2D eigenvalue weighted by Gasteiger charge is 2.01. The molecule has 1 unspecified atom stereocenters. The van der Waals surface area contributed by atoms with Crippen LogP contribution in [0.4, 0.5) is 0 Å². The lowest BCUT2D eigenvalue weighted by Crippen LogP contribution is -2.11. The highest BCUT2D eigenvalue weighted by Crippen LogP contribution is 2.09. The van der Waals surface area contributed by atoms with Crippen LogP contribution in [0.5, 0.6) is 0 Å². The van der Waals surface area contributed by atoms with Gasteiger partial charge in [0.2, 0.25) is 0 Å². The van der Waals surface area contributed by atoms with Gasteiger partial charge in [0.25, 0.3) is 0 Å². The maximum atomic E-state index is 5.48. The van der Waals surface area contributed by atoms with Gasteiger partial charge >= 0.3 is 0 Å². The third-order valence-corrected chi connectivity index (χ3v) is 2.19. The van der Waals surface area contributed by atoms with Crippen LogP contribution in [0.1, 0.15) is 25.0 Å². The van der Waals surface area contributed by atoms with Gasteiger partial charge < -0.3 is 4.74 Å². The molecule has 0 N–H and O–H groups in total. The van der Waals surface area contributed by atoms with E-state index >= 15 is 0 Å². The van der Waals surface area contributed by atoms with Crippen molar-refractivity contribution < 1.29 is 4.74 Å². The van der Waals surface area contributed by atoms with E-state index in [1.54, 1.807) is 0 Å². The monoisotopic (exact) mass is 190 g/mol. The second-order valence-corrected chi connectivity index (χ2v) is 3.42. The molecule has 1 nitrogen and oxygen atoms in total. The fraction of sp³-hybridized carbons (Fsp3) is 0.385. The summed E-state index contributed by atoms with van der Waals surface area (Å²) >= 11 is 0. The predicted molar refractivity (Wildman–Crippen MR) is 61.3 cm³/mol. The van der Waals surface area contributed by atoms with Crippen molar-refractivity contribution in [2.45, 2.75) is 26.4 Å². The molecule has 0 aliphatic carbocycles. The molecule has 1 rings (SSSR count). The molecular weight excluding hydrogens is 172 g/mol. The quantitative estimate of drug-likeness (QED) is 0.692. The van der Waals surface area contributed by atoms with Crippen LogP contribution in [0, 0.1) is 0 Å². The smallest absolute Gasteiger partial charge is 0.0587 e. The van der Waals surface area contributed by atoms with Gasteiger partial charge in [0, 0.05) is 6.61 Å². The van der Waals surface area contributed by atoms with Crippen LogP contribution in [-0.2, 0) is 11.2 Å². The molecule has 0 spiro atoms. The van der Waals surface area contributed by atoms with Crippen LogP contribution < -0.4 is 0 Å². The second kappa shape index (κ2) is 5.61. The van der Waals surface area contributed by atoms with Gasteiger partial charge in [-0.3, -0.25) is 0 Å². The third kappa shape index (κ3) is 3.35. The second-order valence-electron chi connectivity index (χ2n) is 3.42. The molecule has 1 aromatic rings. The Bertz CT molecular complexity index is 274. The van der Waals surface area contributed by atoms with E-state index in [1.807, 2.05) is 13.0 Å². The van der Waals surface area contributed by atoms with Crippen molar-refractivity contribution in [2.24, 2.45) is 0 Å². The standard InChI is InChI=1S/C13H18O/c1-4-12-6-8-13(9-7-12)10-11(3)14-5-2/h4,6-9,11H,1,5,10H2,2-3H3. The Balaban J connectivity index is 2.55. The number of hydrogen-bond donors (Lipinski definition) is 0. The Morgan fingerprint density at radius 1 is 1.36 bits per heavy atom. The molecule has 0 aliphatic rings. The molecule has 0 radical (unpaired) electrons. The largest absolute Gasteiger partial charge is 0.378 e. The van der Waals surface area contributed by atoms with Crippen molar-refractivity contribution >= 4 is 6.08 Å². The molecule has 0 fully saturated rings. The van der Waals surface area contributed by atoms with Crippen molar-refractivity contribution in [3.05, 3.63) is 42.0 Å². The first-order chi connectivity index (χ1) is 6.76. The highest BCUT2D eigenvalue weighted by molar-refractivity contribution is 5.47. The van der Waals surface area contributed by atoms with Crippen LogP contribution in [0.15, 0.2) is 30.8 Å². The normalized spacial score (nSPS) is 12.4. The topological polar surface area (TPSA) is 9.23 Å². The van der Waals surface area contributed by atoms with Gasteiger partial charge in [0.05, 0.1) is 6.10 Å².